The fourth-order valence-electron chi connectivity index (χ4n) is 2.29. The van der Waals surface area contributed by atoms with Gasteiger partial charge in [0.05, 0.1) is 6.10 Å². The zero-order valence-electron chi connectivity index (χ0n) is 11.0. The van der Waals surface area contributed by atoms with Crippen LogP contribution in [0.4, 0.5) is 8.78 Å². The summed E-state index contributed by atoms with van der Waals surface area (Å²) in [5.41, 5.74) is 0.538. The molecule has 0 spiro atoms. The minimum absolute atomic E-state index is 0.383. The molecular formula is C14H19F2NO2. The normalized spacial score (nSPS) is 22.7. The van der Waals surface area contributed by atoms with Gasteiger partial charge >= 0.3 is 0 Å². The third kappa shape index (κ3) is 3.42. The summed E-state index contributed by atoms with van der Waals surface area (Å²) in [6.45, 7) is 3.07. The van der Waals surface area contributed by atoms with Crippen molar-refractivity contribution >= 4 is 0 Å². The fourth-order valence-corrected chi connectivity index (χ4v) is 2.29. The van der Waals surface area contributed by atoms with Gasteiger partial charge in [-0.25, -0.2) is 8.78 Å². The highest BCUT2D eigenvalue weighted by atomic mass is 19.1. The molecule has 2 atom stereocenters. The molecule has 0 amide bonds. The molecule has 0 aromatic heterocycles. The van der Waals surface area contributed by atoms with E-state index in [1.54, 1.807) is 0 Å². The lowest BCUT2D eigenvalue weighted by Gasteiger charge is -2.18. The van der Waals surface area contributed by atoms with E-state index in [4.69, 9.17) is 4.74 Å². The highest BCUT2D eigenvalue weighted by molar-refractivity contribution is 5.31. The van der Waals surface area contributed by atoms with Crippen LogP contribution in [0, 0.1) is 11.6 Å². The summed E-state index contributed by atoms with van der Waals surface area (Å²) in [6, 6.07) is 2.53. The van der Waals surface area contributed by atoms with Crippen LogP contribution in [0.2, 0.25) is 0 Å². The van der Waals surface area contributed by atoms with Crippen LogP contribution in [-0.4, -0.2) is 23.9 Å². The topological polar surface area (TPSA) is 41.5 Å². The van der Waals surface area contributed by atoms with Gasteiger partial charge in [-0.1, -0.05) is 6.92 Å². The minimum Gasteiger partial charge on any atom is -0.482 e. The van der Waals surface area contributed by atoms with Gasteiger partial charge in [0.25, 0.3) is 0 Å². The predicted molar refractivity (Wildman–Crippen MR) is 68.0 cm³/mol. The second-order valence-corrected chi connectivity index (χ2v) is 4.82. The quantitative estimate of drug-likeness (QED) is 0.864. The first kappa shape index (κ1) is 14.2. The summed E-state index contributed by atoms with van der Waals surface area (Å²) in [5, 5.41) is 12.6. The summed E-state index contributed by atoms with van der Waals surface area (Å²) < 4.78 is 33.0. The molecule has 0 aliphatic heterocycles. The molecule has 2 unspecified atom stereocenters. The predicted octanol–water partition coefficient (Wildman–Crippen LogP) is 2.37. The van der Waals surface area contributed by atoms with Gasteiger partial charge in [0.15, 0.2) is 17.4 Å². The van der Waals surface area contributed by atoms with E-state index in [1.807, 2.05) is 6.92 Å². The Balaban J connectivity index is 2.12. The molecule has 1 aromatic rings. The Morgan fingerprint density at radius 1 is 1.32 bits per heavy atom. The molecule has 2 N–H and O–H groups in total. The minimum atomic E-state index is -0.716. The molecule has 1 aliphatic rings. The van der Waals surface area contributed by atoms with E-state index in [0.29, 0.717) is 24.9 Å². The van der Waals surface area contributed by atoms with Crippen molar-refractivity contribution in [3.05, 3.63) is 29.3 Å². The number of rotatable bonds is 5. The molecular weight excluding hydrogens is 252 g/mol. The van der Waals surface area contributed by atoms with E-state index in [-0.39, 0.29) is 5.75 Å². The lowest BCUT2D eigenvalue weighted by atomic mass is 10.2. The Morgan fingerprint density at radius 3 is 2.53 bits per heavy atom. The molecule has 0 saturated heterocycles. The maximum atomic E-state index is 13.8. The van der Waals surface area contributed by atoms with E-state index >= 15 is 0 Å². The van der Waals surface area contributed by atoms with Gasteiger partial charge in [-0.15, -0.1) is 0 Å². The number of aliphatic hydroxyl groups is 1. The third-order valence-electron chi connectivity index (χ3n) is 3.32. The van der Waals surface area contributed by atoms with Crippen LogP contribution in [0.15, 0.2) is 12.1 Å². The smallest absolute Gasteiger partial charge is 0.191 e. The first-order valence-electron chi connectivity index (χ1n) is 6.65. The van der Waals surface area contributed by atoms with Crippen molar-refractivity contribution < 1.29 is 18.6 Å². The number of ether oxygens (including phenoxy) is 1. The summed E-state index contributed by atoms with van der Waals surface area (Å²) in [6.07, 6.45) is 0.906. The Hall–Kier alpha value is -1.20. The second-order valence-electron chi connectivity index (χ2n) is 4.82. The van der Waals surface area contributed by atoms with Gasteiger partial charge in [-0.3, -0.25) is 0 Å². The summed E-state index contributed by atoms with van der Waals surface area (Å²) >= 11 is 0. The molecule has 2 rings (SSSR count). The number of halogens is 2. The number of hydrogen-bond acceptors (Lipinski definition) is 3. The number of benzene rings is 1. The number of nitrogens with one attached hydrogen (secondary N) is 1. The van der Waals surface area contributed by atoms with Crippen molar-refractivity contribution in [2.45, 2.75) is 44.9 Å². The van der Waals surface area contributed by atoms with Gasteiger partial charge in [0, 0.05) is 6.54 Å². The molecule has 0 bridgehead atoms. The molecule has 5 heteroatoms. The number of aliphatic hydroxyl groups excluding tert-OH is 1. The van der Waals surface area contributed by atoms with Crippen LogP contribution in [0.25, 0.3) is 0 Å². The van der Waals surface area contributed by atoms with Gasteiger partial charge < -0.3 is 15.2 Å². The molecule has 3 nitrogen and oxygen atoms in total. The molecule has 0 radical (unpaired) electrons. The van der Waals surface area contributed by atoms with Crippen LogP contribution in [0.3, 0.4) is 0 Å². The Labute approximate surface area is 111 Å². The van der Waals surface area contributed by atoms with Gasteiger partial charge in [0.2, 0.25) is 0 Å². The van der Waals surface area contributed by atoms with Crippen molar-refractivity contribution in [2.75, 3.05) is 6.54 Å². The lowest BCUT2D eigenvalue weighted by molar-refractivity contribution is 0.0551. The number of hydrogen-bond donors (Lipinski definition) is 2. The highest BCUT2D eigenvalue weighted by Crippen LogP contribution is 2.29. The Morgan fingerprint density at radius 2 is 2.00 bits per heavy atom. The maximum absolute atomic E-state index is 13.8. The van der Waals surface area contributed by atoms with Crippen molar-refractivity contribution in [3.8, 4) is 5.75 Å². The van der Waals surface area contributed by atoms with Crippen molar-refractivity contribution in [3.63, 3.8) is 0 Å². The molecule has 1 saturated carbocycles. The van der Waals surface area contributed by atoms with Crippen molar-refractivity contribution in [1.29, 1.82) is 0 Å². The monoisotopic (exact) mass is 271 g/mol. The van der Waals surface area contributed by atoms with Gasteiger partial charge in [0.1, 0.15) is 6.10 Å². The first-order valence-corrected chi connectivity index (χ1v) is 6.65. The SMILES string of the molecule is CCNCc1cc(F)c(OC2CCCC2O)c(F)c1. The molecule has 1 aliphatic carbocycles. The highest BCUT2D eigenvalue weighted by Gasteiger charge is 2.29. The lowest BCUT2D eigenvalue weighted by Crippen LogP contribution is -2.26. The Kier molecular flexibility index (Phi) is 4.71. The standard InChI is InChI=1S/C14H19F2NO2/c1-2-17-8-9-6-10(15)14(11(16)7-9)19-13-5-3-4-12(13)18/h6-7,12-13,17-18H,2-5,8H2,1H3. The summed E-state index contributed by atoms with van der Waals surface area (Å²) in [7, 11) is 0. The van der Waals surface area contributed by atoms with Crippen LogP contribution in [0.1, 0.15) is 31.7 Å². The van der Waals surface area contributed by atoms with Gasteiger partial charge in [-0.2, -0.15) is 0 Å². The zero-order valence-corrected chi connectivity index (χ0v) is 11.0. The van der Waals surface area contributed by atoms with Gasteiger partial charge in [-0.05, 0) is 43.5 Å². The largest absolute Gasteiger partial charge is 0.482 e. The fraction of sp³-hybridized carbons (Fsp3) is 0.571. The maximum Gasteiger partial charge on any atom is 0.191 e. The van der Waals surface area contributed by atoms with Crippen LogP contribution in [-0.2, 0) is 6.54 Å². The third-order valence-corrected chi connectivity index (χ3v) is 3.32. The molecule has 19 heavy (non-hydrogen) atoms. The molecule has 0 heterocycles. The second kappa shape index (κ2) is 6.30. The van der Waals surface area contributed by atoms with E-state index < -0.39 is 23.8 Å². The summed E-state index contributed by atoms with van der Waals surface area (Å²) in [4.78, 5) is 0. The van der Waals surface area contributed by atoms with E-state index in [9.17, 15) is 13.9 Å². The molecule has 1 fully saturated rings. The van der Waals surface area contributed by atoms with E-state index in [0.717, 1.165) is 13.0 Å². The van der Waals surface area contributed by atoms with Crippen molar-refractivity contribution in [1.82, 2.24) is 5.32 Å². The molecule has 106 valence electrons. The average molecular weight is 271 g/mol. The average Bonchev–Trinajstić information content (AvgIpc) is 2.77. The Bertz CT molecular complexity index is 416. The van der Waals surface area contributed by atoms with Crippen LogP contribution >= 0.6 is 0 Å². The van der Waals surface area contributed by atoms with Crippen LogP contribution in [0.5, 0.6) is 5.75 Å². The van der Waals surface area contributed by atoms with E-state index in [2.05, 4.69) is 5.32 Å². The zero-order chi connectivity index (χ0) is 13.8. The van der Waals surface area contributed by atoms with Crippen molar-refractivity contribution in [2.24, 2.45) is 0 Å². The van der Waals surface area contributed by atoms with Crippen LogP contribution < -0.4 is 10.1 Å². The first-order chi connectivity index (χ1) is 9.11. The molecule has 1 aromatic carbocycles. The van der Waals surface area contributed by atoms with E-state index in [1.165, 1.54) is 12.1 Å². The summed E-state index contributed by atoms with van der Waals surface area (Å²) in [5.74, 6) is -1.81.